The average Bonchev–Trinajstić information content (AvgIpc) is 3.12. The first-order chi connectivity index (χ1) is 11.1. The fourth-order valence-electron chi connectivity index (χ4n) is 2.89. The Kier molecular flexibility index (Phi) is 4.63. The van der Waals surface area contributed by atoms with Crippen molar-refractivity contribution < 1.29 is 9.21 Å². The number of nitrogens with one attached hydrogen (secondary N) is 1. The smallest absolute Gasteiger partial charge is 0.230 e. The van der Waals surface area contributed by atoms with Gasteiger partial charge >= 0.3 is 0 Å². The summed E-state index contributed by atoms with van der Waals surface area (Å²) in [5.74, 6) is 1.27. The van der Waals surface area contributed by atoms with Gasteiger partial charge in [-0.05, 0) is 17.7 Å². The van der Waals surface area contributed by atoms with Crippen LogP contribution in [0.4, 0.5) is 0 Å². The molecule has 0 bridgehead atoms. The summed E-state index contributed by atoms with van der Waals surface area (Å²) in [6.45, 7) is 2.41. The minimum absolute atomic E-state index is 0.00866. The molecule has 0 saturated carbocycles. The van der Waals surface area contributed by atoms with Crippen molar-refractivity contribution in [3.05, 3.63) is 46.6 Å². The molecular weight excluding hydrogens is 316 g/mol. The summed E-state index contributed by atoms with van der Waals surface area (Å²) < 4.78 is 5.50. The maximum atomic E-state index is 12.1. The minimum atomic E-state index is -0.0340. The molecule has 0 unspecified atom stereocenters. The highest BCUT2D eigenvalue weighted by molar-refractivity contribution is 6.30. The molecule has 0 radical (unpaired) electrons. The summed E-state index contributed by atoms with van der Waals surface area (Å²) in [6, 6.07) is 7.56. The van der Waals surface area contributed by atoms with Crippen LogP contribution in [-0.2, 0) is 17.8 Å². The third-order valence-electron chi connectivity index (χ3n) is 4.12. The molecule has 1 aliphatic rings. The number of halogens is 1. The van der Waals surface area contributed by atoms with E-state index in [1.807, 2.05) is 38.2 Å². The molecule has 122 valence electrons. The number of hydrogen-bond acceptors (Lipinski definition) is 5. The van der Waals surface area contributed by atoms with Crippen LogP contribution in [0.3, 0.4) is 0 Å². The van der Waals surface area contributed by atoms with Gasteiger partial charge < -0.3 is 14.6 Å². The molecule has 7 heteroatoms. The van der Waals surface area contributed by atoms with Crippen molar-refractivity contribution in [1.29, 1.82) is 0 Å². The molecule has 0 spiro atoms. The minimum Gasteiger partial charge on any atom is -0.424 e. The SMILES string of the molecule is CCc1nnc(CN[C@H]2CC(=O)N(C)[C@@H]2c2ccc(Cl)cc2)o1. The quantitative estimate of drug-likeness (QED) is 0.908. The van der Waals surface area contributed by atoms with Gasteiger partial charge in [0.1, 0.15) is 0 Å². The topological polar surface area (TPSA) is 71.3 Å². The molecular formula is C16H19ClN4O2. The van der Waals surface area contributed by atoms with Gasteiger partial charge in [-0.2, -0.15) is 0 Å². The van der Waals surface area contributed by atoms with E-state index in [1.165, 1.54) is 0 Å². The Morgan fingerprint density at radius 1 is 1.30 bits per heavy atom. The fraction of sp³-hybridized carbons (Fsp3) is 0.438. The first kappa shape index (κ1) is 16.0. The summed E-state index contributed by atoms with van der Waals surface area (Å²) in [4.78, 5) is 13.9. The molecule has 2 atom stereocenters. The number of rotatable bonds is 5. The number of hydrogen-bond donors (Lipinski definition) is 1. The van der Waals surface area contributed by atoms with E-state index in [2.05, 4.69) is 15.5 Å². The van der Waals surface area contributed by atoms with Crippen LogP contribution in [0.25, 0.3) is 0 Å². The maximum Gasteiger partial charge on any atom is 0.230 e. The van der Waals surface area contributed by atoms with Crippen molar-refractivity contribution in [2.75, 3.05) is 7.05 Å². The van der Waals surface area contributed by atoms with Crippen molar-refractivity contribution in [3.63, 3.8) is 0 Å². The molecule has 3 rings (SSSR count). The van der Waals surface area contributed by atoms with Crippen LogP contribution in [0.15, 0.2) is 28.7 Å². The van der Waals surface area contributed by atoms with Gasteiger partial charge in [-0.3, -0.25) is 4.79 Å². The van der Waals surface area contributed by atoms with Gasteiger partial charge in [-0.1, -0.05) is 30.7 Å². The van der Waals surface area contributed by atoms with Gasteiger partial charge in [0.25, 0.3) is 0 Å². The largest absolute Gasteiger partial charge is 0.424 e. The van der Waals surface area contributed by atoms with Crippen LogP contribution in [-0.4, -0.2) is 34.1 Å². The van der Waals surface area contributed by atoms with E-state index < -0.39 is 0 Å². The van der Waals surface area contributed by atoms with Gasteiger partial charge in [0.2, 0.25) is 17.7 Å². The van der Waals surface area contributed by atoms with Gasteiger partial charge in [-0.15, -0.1) is 10.2 Å². The molecule has 1 aliphatic heterocycles. The Balaban J connectivity index is 1.73. The molecule has 23 heavy (non-hydrogen) atoms. The predicted molar refractivity (Wildman–Crippen MR) is 85.9 cm³/mol. The highest BCUT2D eigenvalue weighted by atomic mass is 35.5. The molecule has 0 aliphatic carbocycles. The van der Waals surface area contributed by atoms with Gasteiger partial charge in [0, 0.05) is 31.0 Å². The summed E-state index contributed by atoms with van der Waals surface area (Å²) in [7, 11) is 1.82. The van der Waals surface area contributed by atoms with Gasteiger partial charge in [0.15, 0.2) is 0 Å². The van der Waals surface area contributed by atoms with E-state index in [0.29, 0.717) is 36.2 Å². The van der Waals surface area contributed by atoms with Crippen molar-refractivity contribution in [1.82, 2.24) is 20.4 Å². The number of carbonyl (C=O) groups excluding carboxylic acids is 1. The molecule has 1 fully saturated rings. The lowest BCUT2D eigenvalue weighted by molar-refractivity contribution is -0.127. The number of aromatic nitrogens is 2. The third kappa shape index (κ3) is 3.38. The van der Waals surface area contributed by atoms with Gasteiger partial charge in [0.05, 0.1) is 12.6 Å². The molecule has 1 amide bonds. The average molecular weight is 335 g/mol. The molecule has 1 saturated heterocycles. The molecule has 6 nitrogen and oxygen atoms in total. The number of carbonyl (C=O) groups is 1. The fourth-order valence-corrected chi connectivity index (χ4v) is 3.02. The molecule has 2 heterocycles. The summed E-state index contributed by atoms with van der Waals surface area (Å²) in [6.07, 6.45) is 1.16. The lowest BCUT2D eigenvalue weighted by Crippen LogP contribution is -2.34. The maximum absolute atomic E-state index is 12.1. The Morgan fingerprint density at radius 2 is 2.00 bits per heavy atom. The van der Waals surface area contributed by atoms with Crippen molar-refractivity contribution in [3.8, 4) is 0 Å². The van der Waals surface area contributed by atoms with Crippen LogP contribution in [0.2, 0.25) is 5.02 Å². The predicted octanol–water partition coefficient (Wildman–Crippen LogP) is 2.35. The van der Waals surface area contributed by atoms with Crippen LogP contribution in [0.5, 0.6) is 0 Å². The summed E-state index contributed by atoms with van der Waals surface area (Å²) >= 11 is 5.95. The Bertz CT molecular complexity index is 686. The van der Waals surface area contributed by atoms with E-state index in [1.54, 1.807) is 4.90 Å². The monoisotopic (exact) mass is 334 g/mol. The van der Waals surface area contributed by atoms with Crippen molar-refractivity contribution in [2.24, 2.45) is 0 Å². The zero-order valence-electron chi connectivity index (χ0n) is 13.1. The number of aryl methyl sites for hydroxylation is 1. The highest BCUT2D eigenvalue weighted by Gasteiger charge is 2.38. The number of likely N-dealkylation sites (tertiary alicyclic amines) is 1. The standard InChI is InChI=1S/C16H19ClN4O2/c1-3-13-19-20-14(23-13)9-18-12-8-15(22)21(2)16(12)10-4-6-11(17)7-5-10/h4-7,12,16,18H,3,8-9H2,1-2H3/t12-,16+/m0/s1. The number of likely N-dealkylation sites (N-methyl/N-ethyl adjacent to an activating group) is 1. The first-order valence-corrected chi connectivity index (χ1v) is 8.02. The van der Waals surface area contributed by atoms with Crippen LogP contribution >= 0.6 is 11.6 Å². The second-order valence-corrected chi connectivity index (χ2v) is 6.07. The third-order valence-corrected chi connectivity index (χ3v) is 4.38. The second-order valence-electron chi connectivity index (χ2n) is 5.64. The Morgan fingerprint density at radius 3 is 2.65 bits per heavy atom. The second kappa shape index (κ2) is 6.68. The molecule has 1 N–H and O–H groups in total. The van der Waals surface area contributed by atoms with E-state index in [4.69, 9.17) is 16.0 Å². The van der Waals surface area contributed by atoms with Crippen molar-refractivity contribution in [2.45, 2.75) is 38.4 Å². The number of amides is 1. The zero-order valence-corrected chi connectivity index (χ0v) is 13.9. The number of benzene rings is 1. The molecule has 1 aromatic heterocycles. The summed E-state index contributed by atoms with van der Waals surface area (Å²) in [5, 5.41) is 12.0. The van der Waals surface area contributed by atoms with E-state index in [-0.39, 0.29) is 18.0 Å². The highest BCUT2D eigenvalue weighted by Crippen LogP contribution is 2.32. The van der Waals surface area contributed by atoms with Crippen LogP contribution in [0.1, 0.15) is 36.7 Å². The Hall–Kier alpha value is -1.92. The van der Waals surface area contributed by atoms with Crippen LogP contribution < -0.4 is 5.32 Å². The Labute approximate surface area is 139 Å². The molecule has 1 aromatic carbocycles. The zero-order chi connectivity index (χ0) is 16.4. The number of nitrogens with zero attached hydrogens (tertiary/aromatic N) is 3. The van der Waals surface area contributed by atoms with Gasteiger partial charge in [-0.25, -0.2) is 0 Å². The van der Waals surface area contributed by atoms with E-state index >= 15 is 0 Å². The van der Waals surface area contributed by atoms with E-state index in [0.717, 1.165) is 5.56 Å². The normalized spacial score (nSPS) is 21.2. The first-order valence-electron chi connectivity index (χ1n) is 7.64. The summed E-state index contributed by atoms with van der Waals surface area (Å²) in [5.41, 5.74) is 1.06. The lowest BCUT2D eigenvalue weighted by Gasteiger charge is -2.25. The lowest BCUT2D eigenvalue weighted by atomic mass is 10.0. The molecule has 2 aromatic rings. The van der Waals surface area contributed by atoms with Crippen LogP contribution in [0, 0.1) is 0 Å². The van der Waals surface area contributed by atoms with Crippen molar-refractivity contribution >= 4 is 17.5 Å². The van der Waals surface area contributed by atoms with E-state index in [9.17, 15) is 4.79 Å².